The lowest BCUT2D eigenvalue weighted by Gasteiger charge is -2.17. The van der Waals surface area contributed by atoms with Crippen molar-refractivity contribution >= 4 is 23.2 Å². The zero-order chi connectivity index (χ0) is 20.7. The number of imidazole rings is 1. The van der Waals surface area contributed by atoms with E-state index in [0.717, 1.165) is 35.6 Å². The molecular formula is C24H22N4O2. The minimum absolute atomic E-state index is 0.0676. The number of fused-ring (bicyclic) bond motifs is 2. The lowest BCUT2D eigenvalue weighted by atomic mass is 10.1. The second kappa shape index (κ2) is 7.30. The summed E-state index contributed by atoms with van der Waals surface area (Å²) in [6.07, 6.45) is 5.52. The van der Waals surface area contributed by atoms with Crippen molar-refractivity contribution in [3.05, 3.63) is 78.3 Å². The summed E-state index contributed by atoms with van der Waals surface area (Å²) in [6.45, 7) is 4.94. The fourth-order valence-electron chi connectivity index (χ4n) is 4.12. The lowest BCUT2D eigenvalue weighted by Crippen LogP contribution is -2.32. The van der Waals surface area contributed by atoms with Crippen LogP contribution in [-0.2, 0) is 17.8 Å². The van der Waals surface area contributed by atoms with E-state index in [1.807, 2.05) is 42.5 Å². The van der Waals surface area contributed by atoms with Gasteiger partial charge in [-0.25, -0.2) is 4.98 Å². The molecule has 2 aliphatic rings. The van der Waals surface area contributed by atoms with Gasteiger partial charge < -0.3 is 9.88 Å². The first kappa shape index (κ1) is 18.4. The maximum absolute atomic E-state index is 12.6. The van der Waals surface area contributed by atoms with Gasteiger partial charge in [0.25, 0.3) is 5.91 Å². The largest absolute Gasteiger partial charge is 0.334 e. The van der Waals surface area contributed by atoms with E-state index in [9.17, 15) is 9.59 Å². The van der Waals surface area contributed by atoms with Crippen LogP contribution in [0.25, 0.3) is 17.0 Å². The van der Waals surface area contributed by atoms with Gasteiger partial charge in [0.05, 0.1) is 5.69 Å². The minimum atomic E-state index is -0.262. The molecule has 3 aromatic rings. The number of anilines is 1. The molecule has 2 aromatic carbocycles. The fraction of sp³-hybridized carbons (Fsp3) is 0.208. The van der Waals surface area contributed by atoms with Crippen LogP contribution in [0.5, 0.6) is 0 Å². The van der Waals surface area contributed by atoms with E-state index in [1.54, 1.807) is 6.07 Å². The molecule has 0 spiro atoms. The fourth-order valence-corrected chi connectivity index (χ4v) is 4.12. The molecule has 6 nitrogen and oxygen atoms in total. The molecule has 0 unspecified atom stereocenters. The van der Waals surface area contributed by atoms with Crippen LogP contribution in [0.15, 0.2) is 61.3 Å². The molecule has 5 rings (SSSR count). The average molecular weight is 398 g/mol. The summed E-state index contributed by atoms with van der Waals surface area (Å²) in [5.74, 6) is 0.692. The molecule has 0 bridgehead atoms. The van der Waals surface area contributed by atoms with Gasteiger partial charge in [0.15, 0.2) is 0 Å². The molecule has 0 saturated heterocycles. The van der Waals surface area contributed by atoms with Crippen LogP contribution in [0.3, 0.4) is 0 Å². The molecule has 30 heavy (non-hydrogen) atoms. The number of carbonyl (C=O) groups excluding carboxylic acids is 2. The van der Waals surface area contributed by atoms with Crippen molar-refractivity contribution in [3.63, 3.8) is 0 Å². The highest BCUT2D eigenvalue weighted by Gasteiger charge is 2.31. The smallest absolute Gasteiger partial charge is 0.259 e. The third-order valence-corrected chi connectivity index (χ3v) is 5.71. The number of aryl methyl sites for hydroxylation is 2. The number of nitrogens with zero attached hydrogens (tertiary/aromatic N) is 3. The van der Waals surface area contributed by atoms with Crippen molar-refractivity contribution in [2.45, 2.75) is 25.8 Å². The molecule has 0 fully saturated rings. The van der Waals surface area contributed by atoms with Crippen LogP contribution in [-0.4, -0.2) is 32.8 Å². The van der Waals surface area contributed by atoms with Crippen LogP contribution >= 0.6 is 0 Å². The third kappa shape index (κ3) is 3.20. The number of nitrogens with one attached hydrogen (secondary N) is 1. The van der Waals surface area contributed by atoms with Gasteiger partial charge in [-0.1, -0.05) is 36.9 Å². The summed E-state index contributed by atoms with van der Waals surface area (Å²) in [5.41, 5.74) is 4.59. The Kier molecular flexibility index (Phi) is 4.47. The van der Waals surface area contributed by atoms with E-state index in [-0.39, 0.29) is 18.4 Å². The molecule has 2 aliphatic heterocycles. The van der Waals surface area contributed by atoms with Crippen molar-refractivity contribution in [2.24, 2.45) is 0 Å². The first-order chi connectivity index (χ1) is 14.6. The number of aromatic nitrogens is 2. The second-order valence-corrected chi connectivity index (χ2v) is 7.70. The standard InChI is InChI=1S/C24H22N4O2/c1-16-19-6-2-3-7-20(19)24(30)28(16)15-23(29)25-18-11-9-17(10-12-18)21-14-27-13-5-4-8-22(27)26-21/h2-3,6-7,9-12,14H,1,4-5,8,13,15H2,(H,25,29). The third-order valence-electron chi connectivity index (χ3n) is 5.71. The van der Waals surface area contributed by atoms with Crippen LogP contribution in [0.4, 0.5) is 5.69 Å². The molecule has 0 saturated carbocycles. The maximum Gasteiger partial charge on any atom is 0.259 e. The number of amides is 2. The number of carbonyl (C=O) groups is 2. The zero-order valence-electron chi connectivity index (χ0n) is 16.6. The molecule has 6 heteroatoms. The summed E-state index contributed by atoms with van der Waals surface area (Å²) >= 11 is 0. The van der Waals surface area contributed by atoms with Gasteiger partial charge in [0.1, 0.15) is 12.4 Å². The molecule has 0 aliphatic carbocycles. The number of hydrogen-bond acceptors (Lipinski definition) is 3. The molecular weight excluding hydrogens is 376 g/mol. The minimum Gasteiger partial charge on any atom is -0.334 e. The topological polar surface area (TPSA) is 67.2 Å². The Hall–Kier alpha value is -3.67. The van der Waals surface area contributed by atoms with Gasteiger partial charge in [-0.3, -0.25) is 14.5 Å². The van der Waals surface area contributed by atoms with E-state index >= 15 is 0 Å². The first-order valence-electron chi connectivity index (χ1n) is 10.2. The Labute approximate surface area is 174 Å². The van der Waals surface area contributed by atoms with Crippen LogP contribution in [0.2, 0.25) is 0 Å². The number of benzene rings is 2. The molecule has 1 N–H and O–H groups in total. The summed E-state index contributed by atoms with van der Waals surface area (Å²) in [4.78, 5) is 31.3. The molecule has 150 valence electrons. The average Bonchev–Trinajstić information content (AvgIpc) is 3.30. The predicted octanol–water partition coefficient (Wildman–Crippen LogP) is 3.95. The molecule has 0 radical (unpaired) electrons. The highest BCUT2D eigenvalue weighted by molar-refractivity contribution is 6.11. The van der Waals surface area contributed by atoms with Crippen LogP contribution in [0, 0.1) is 0 Å². The van der Waals surface area contributed by atoms with E-state index in [2.05, 4.69) is 22.7 Å². The van der Waals surface area contributed by atoms with Crippen molar-refractivity contribution in [3.8, 4) is 11.3 Å². The van der Waals surface area contributed by atoms with E-state index in [0.29, 0.717) is 16.9 Å². The highest BCUT2D eigenvalue weighted by Crippen LogP contribution is 2.31. The maximum atomic E-state index is 12.6. The van der Waals surface area contributed by atoms with Crippen molar-refractivity contribution in [1.29, 1.82) is 0 Å². The van der Waals surface area contributed by atoms with Crippen LogP contribution < -0.4 is 5.32 Å². The molecule has 1 aromatic heterocycles. The number of rotatable bonds is 4. The van der Waals surface area contributed by atoms with Gasteiger partial charge in [0.2, 0.25) is 5.91 Å². The SMILES string of the molecule is C=C1c2ccccc2C(=O)N1CC(=O)Nc1ccc(-c2cn3c(n2)CCCC3)cc1. The summed E-state index contributed by atoms with van der Waals surface area (Å²) in [6, 6.07) is 14.9. The van der Waals surface area contributed by atoms with E-state index < -0.39 is 0 Å². The van der Waals surface area contributed by atoms with Gasteiger partial charge in [0, 0.05) is 47.2 Å². The Balaban J connectivity index is 1.25. The summed E-state index contributed by atoms with van der Waals surface area (Å²) in [7, 11) is 0. The van der Waals surface area contributed by atoms with Gasteiger partial charge in [-0.2, -0.15) is 0 Å². The summed E-state index contributed by atoms with van der Waals surface area (Å²) in [5, 5.41) is 2.86. The quantitative estimate of drug-likeness (QED) is 0.724. The Morgan fingerprint density at radius 3 is 2.57 bits per heavy atom. The Bertz CT molecular complexity index is 1100. The van der Waals surface area contributed by atoms with Crippen molar-refractivity contribution in [1.82, 2.24) is 14.5 Å². The van der Waals surface area contributed by atoms with E-state index in [4.69, 9.17) is 4.98 Å². The molecule has 0 atom stereocenters. The van der Waals surface area contributed by atoms with Gasteiger partial charge in [-0.15, -0.1) is 0 Å². The van der Waals surface area contributed by atoms with E-state index in [1.165, 1.54) is 17.7 Å². The Morgan fingerprint density at radius 2 is 1.83 bits per heavy atom. The monoisotopic (exact) mass is 398 g/mol. The Morgan fingerprint density at radius 1 is 1.07 bits per heavy atom. The zero-order valence-corrected chi connectivity index (χ0v) is 16.6. The second-order valence-electron chi connectivity index (χ2n) is 7.70. The first-order valence-corrected chi connectivity index (χ1v) is 10.2. The van der Waals surface area contributed by atoms with Crippen molar-refractivity contribution in [2.75, 3.05) is 11.9 Å². The van der Waals surface area contributed by atoms with Gasteiger partial charge >= 0.3 is 0 Å². The highest BCUT2D eigenvalue weighted by atomic mass is 16.2. The number of hydrogen-bond donors (Lipinski definition) is 1. The normalized spacial score (nSPS) is 15.1. The lowest BCUT2D eigenvalue weighted by molar-refractivity contribution is -0.116. The predicted molar refractivity (Wildman–Crippen MR) is 116 cm³/mol. The van der Waals surface area contributed by atoms with Crippen LogP contribution in [0.1, 0.15) is 34.6 Å². The van der Waals surface area contributed by atoms with Gasteiger partial charge in [-0.05, 0) is 31.0 Å². The summed E-state index contributed by atoms with van der Waals surface area (Å²) < 4.78 is 2.23. The van der Waals surface area contributed by atoms with Crippen molar-refractivity contribution < 1.29 is 9.59 Å². The molecule has 2 amide bonds. The molecule has 3 heterocycles.